The highest BCUT2D eigenvalue weighted by molar-refractivity contribution is 6.05. The van der Waals surface area contributed by atoms with Crippen LogP contribution in [-0.4, -0.2) is 54.2 Å². The Morgan fingerprint density at radius 1 is 0.436 bits per heavy atom. The normalized spacial score (nSPS) is 13.3. The van der Waals surface area contributed by atoms with E-state index in [0.29, 0.717) is 19.3 Å². The smallest absolute Gasteiger partial charge is 0.340 e. The lowest BCUT2D eigenvalue weighted by molar-refractivity contribution is -0.187. The quantitative estimate of drug-likeness (QED) is 0.0284. The van der Waals surface area contributed by atoms with E-state index < -0.39 is 41.6 Å². The molecular weight excluding hydrogens is 693 g/mol. The van der Waals surface area contributed by atoms with Gasteiger partial charge in [-0.25, -0.2) is 4.79 Å². The maximum Gasteiger partial charge on any atom is 0.340 e. The monoisotopic (exact) mass is 781 g/mol. The average Bonchev–Trinajstić information content (AvgIpc) is 3.11. The molecule has 0 saturated carbocycles. The highest BCUT2D eigenvalue weighted by Crippen LogP contribution is 2.28. The van der Waals surface area contributed by atoms with Crippen LogP contribution < -0.4 is 0 Å². The fourth-order valence-electron chi connectivity index (χ4n) is 7.14. The van der Waals surface area contributed by atoms with Crippen LogP contribution in [0.5, 0.6) is 0 Å². The van der Waals surface area contributed by atoms with Crippen LogP contribution in [0.25, 0.3) is 0 Å². The number of hydrogen-bond donors (Lipinski definition) is 1. The number of rotatable bonds is 39. The summed E-state index contributed by atoms with van der Waals surface area (Å²) in [4.78, 5) is 52.6. The zero-order valence-corrected chi connectivity index (χ0v) is 37.0. The summed E-state index contributed by atoms with van der Waals surface area (Å²) in [6, 6.07) is 0. The van der Waals surface area contributed by atoms with Gasteiger partial charge in [-0.1, -0.05) is 196 Å². The molecule has 0 spiro atoms. The lowest BCUT2D eigenvalue weighted by atomic mass is 9.81. The van der Waals surface area contributed by atoms with E-state index >= 15 is 0 Å². The molecule has 0 bridgehead atoms. The molecule has 0 heterocycles. The van der Waals surface area contributed by atoms with E-state index in [0.717, 1.165) is 82.5 Å². The minimum atomic E-state index is -2.71. The molecular formula is C47H88O8. The van der Waals surface area contributed by atoms with Crippen LogP contribution in [0, 0.1) is 23.7 Å². The minimum absolute atomic E-state index is 0.0275. The predicted octanol–water partition coefficient (Wildman–Crippen LogP) is 12.4. The molecule has 8 heteroatoms. The predicted molar refractivity (Wildman–Crippen MR) is 226 cm³/mol. The summed E-state index contributed by atoms with van der Waals surface area (Å²) in [6.45, 7) is 14.9. The summed E-state index contributed by atoms with van der Waals surface area (Å²) in [5, 5.41) is 11.7. The number of ketones is 1. The Bertz CT molecular complexity index is 961. The summed E-state index contributed by atoms with van der Waals surface area (Å²) in [7, 11) is 0. The molecule has 0 aliphatic rings. The average molecular weight is 781 g/mol. The second kappa shape index (κ2) is 35.2. The molecule has 2 unspecified atom stereocenters. The fourth-order valence-corrected chi connectivity index (χ4v) is 7.14. The highest BCUT2D eigenvalue weighted by atomic mass is 16.6. The molecule has 0 radical (unpaired) electrons. The molecule has 0 amide bonds. The molecule has 8 nitrogen and oxygen atoms in total. The molecule has 0 aromatic carbocycles. The lowest BCUT2D eigenvalue weighted by Crippen LogP contribution is -2.55. The van der Waals surface area contributed by atoms with Crippen molar-refractivity contribution >= 4 is 23.7 Å². The van der Waals surface area contributed by atoms with Gasteiger partial charge in [0.25, 0.3) is 0 Å². The van der Waals surface area contributed by atoms with Crippen LogP contribution in [0.15, 0.2) is 0 Å². The highest BCUT2D eigenvalue weighted by Gasteiger charge is 2.54. The van der Waals surface area contributed by atoms with Crippen LogP contribution in [0.2, 0.25) is 0 Å². The van der Waals surface area contributed by atoms with Crippen molar-refractivity contribution < 1.29 is 38.5 Å². The van der Waals surface area contributed by atoms with Gasteiger partial charge in [0, 0.05) is 0 Å². The number of esters is 3. The zero-order chi connectivity index (χ0) is 41.2. The third-order valence-corrected chi connectivity index (χ3v) is 10.7. The van der Waals surface area contributed by atoms with E-state index in [9.17, 15) is 24.3 Å². The number of unbranched alkanes of at least 4 members (excludes halogenated alkanes) is 21. The standard InChI is InChI=1S/C47H88O8/c1-39(2)32-26-20-14-8-11-17-23-29-35-53-43(49)38-47(52,46(51)55-37-31-25-19-13-10-16-22-28-34-41(5)6)44(42(7)48)45(50)54-36-30-24-18-12-9-15-21-27-33-40(3)4/h39-41,44,52H,8-38H2,1-7H3. The first kappa shape index (κ1) is 53.0. The third-order valence-electron chi connectivity index (χ3n) is 10.7. The van der Waals surface area contributed by atoms with Gasteiger partial charge in [0.2, 0.25) is 0 Å². The summed E-state index contributed by atoms with van der Waals surface area (Å²) in [5.74, 6) is -3.39. The molecule has 0 rings (SSSR count). The summed E-state index contributed by atoms with van der Waals surface area (Å²) >= 11 is 0. The Hall–Kier alpha value is -1.96. The van der Waals surface area contributed by atoms with Gasteiger partial charge in [-0.15, -0.1) is 0 Å². The van der Waals surface area contributed by atoms with E-state index in [4.69, 9.17) is 14.2 Å². The molecule has 55 heavy (non-hydrogen) atoms. The van der Waals surface area contributed by atoms with E-state index in [1.807, 2.05) is 0 Å². The van der Waals surface area contributed by atoms with Gasteiger partial charge in [-0.2, -0.15) is 0 Å². The Morgan fingerprint density at radius 3 is 1.05 bits per heavy atom. The van der Waals surface area contributed by atoms with Gasteiger partial charge >= 0.3 is 17.9 Å². The minimum Gasteiger partial charge on any atom is -0.466 e. The number of hydrogen-bond acceptors (Lipinski definition) is 8. The lowest BCUT2D eigenvalue weighted by Gasteiger charge is -2.30. The molecule has 0 fully saturated rings. The van der Waals surface area contributed by atoms with E-state index in [2.05, 4.69) is 41.5 Å². The molecule has 0 aliphatic heterocycles. The first-order valence-corrected chi connectivity index (χ1v) is 23.0. The number of carbonyl (C=O) groups excluding carboxylic acids is 4. The molecule has 2 atom stereocenters. The van der Waals surface area contributed by atoms with Gasteiger partial charge in [0.1, 0.15) is 5.78 Å². The van der Waals surface area contributed by atoms with Crippen LogP contribution in [0.3, 0.4) is 0 Å². The van der Waals surface area contributed by atoms with E-state index in [1.165, 1.54) is 96.3 Å². The number of carbonyl (C=O) groups is 4. The van der Waals surface area contributed by atoms with Crippen molar-refractivity contribution in [3.05, 3.63) is 0 Å². The summed E-state index contributed by atoms with van der Waals surface area (Å²) < 4.78 is 16.3. The molecule has 0 saturated heterocycles. The first-order chi connectivity index (χ1) is 26.3. The maximum atomic E-state index is 13.4. The van der Waals surface area contributed by atoms with E-state index in [-0.39, 0.29) is 19.8 Å². The fraction of sp³-hybridized carbons (Fsp3) is 0.915. The molecule has 0 aliphatic carbocycles. The number of aliphatic hydroxyl groups is 1. The topological polar surface area (TPSA) is 116 Å². The Kier molecular flexibility index (Phi) is 34.0. The van der Waals surface area contributed by atoms with Crippen molar-refractivity contribution in [2.45, 2.75) is 234 Å². The van der Waals surface area contributed by atoms with Crippen LogP contribution >= 0.6 is 0 Å². The van der Waals surface area contributed by atoms with Gasteiger partial charge in [-0.3, -0.25) is 14.4 Å². The van der Waals surface area contributed by atoms with Crippen molar-refractivity contribution in [3.8, 4) is 0 Å². The van der Waals surface area contributed by atoms with Crippen LogP contribution in [-0.2, 0) is 33.4 Å². The van der Waals surface area contributed by atoms with E-state index in [1.54, 1.807) is 0 Å². The van der Waals surface area contributed by atoms with Crippen LogP contribution in [0.4, 0.5) is 0 Å². The Labute approximate surface area is 338 Å². The van der Waals surface area contributed by atoms with Gasteiger partial charge in [0.15, 0.2) is 11.5 Å². The van der Waals surface area contributed by atoms with Crippen molar-refractivity contribution in [1.29, 1.82) is 0 Å². The second-order valence-corrected chi connectivity index (χ2v) is 17.7. The first-order valence-electron chi connectivity index (χ1n) is 23.0. The maximum absolute atomic E-state index is 13.4. The van der Waals surface area contributed by atoms with Crippen molar-refractivity contribution in [2.75, 3.05) is 19.8 Å². The number of Topliss-reactive ketones (excluding diaryl/α,β-unsaturated/α-hetero) is 1. The molecule has 0 aromatic rings. The summed E-state index contributed by atoms with van der Waals surface area (Å²) in [5.41, 5.74) is -2.71. The third kappa shape index (κ3) is 30.8. The van der Waals surface area contributed by atoms with Gasteiger partial charge in [0.05, 0.1) is 26.2 Å². The van der Waals surface area contributed by atoms with Crippen LogP contribution in [0.1, 0.15) is 228 Å². The Morgan fingerprint density at radius 2 is 0.727 bits per heavy atom. The molecule has 1 N–H and O–H groups in total. The molecule has 324 valence electrons. The largest absolute Gasteiger partial charge is 0.466 e. The zero-order valence-electron chi connectivity index (χ0n) is 37.0. The Balaban J connectivity index is 4.98. The van der Waals surface area contributed by atoms with Crippen molar-refractivity contribution in [1.82, 2.24) is 0 Å². The summed E-state index contributed by atoms with van der Waals surface area (Å²) in [6.07, 6.45) is 28.8. The number of ether oxygens (including phenoxy) is 3. The van der Waals surface area contributed by atoms with Gasteiger partial charge < -0.3 is 19.3 Å². The van der Waals surface area contributed by atoms with Crippen molar-refractivity contribution in [2.24, 2.45) is 23.7 Å². The van der Waals surface area contributed by atoms with Crippen molar-refractivity contribution in [3.63, 3.8) is 0 Å². The van der Waals surface area contributed by atoms with Gasteiger partial charge in [-0.05, 0) is 43.9 Å². The molecule has 0 aromatic heterocycles. The second-order valence-electron chi connectivity index (χ2n) is 17.7. The SMILES string of the molecule is CC(=O)C(C(=O)OCCCCCCCCCCC(C)C)C(O)(CC(=O)OCCCCCCCCCCC(C)C)C(=O)OCCCCCCCCCCC(C)C.